The number of amides is 1. The minimum absolute atomic E-state index is 0.0734. The second-order valence-corrected chi connectivity index (χ2v) is 4.96. The summed E-state index contributed by atoms with van der Waals surface area (Å²) in [4.78, 5) is 21.7. The van der Waals surface area contributed by atoms with E-state index in [0.29, 0.717) is 12.1 Å². The number of imidazole rings is 1. The molecule has 2 fully saturated rings. The fourth-order valence-corrected chi connectivity index (χ4v) is 2.44. The fraction of sp³-hybridized carbons (Fsp3) is 0.545. The summed E-state index contributed by atoms with van der Waals surface area (Å²) in [7, 11) is 0. The number of nitrogens with two attached hydrogens (primary N) is 2. The van der Waals surface area contributed by atoms with E-state index < -0.39 is 5.91 Å². The Bertz CT molecular complexity index is 550. The van der Waals surface area contributed by atoms with Crippen molar-refractivity contribution >= 4 is 11.9 Å². The lowest BCUT2D eigenvalue weighted by atomic mass is 10.1. The average molecular weight is 265 g/mol. The number of guanidine groups is 1. The number of H-pyrrole nitrogens is 1. The molecule has 2 heterocycles. The van der Waals surface area contributed by atoms with Crippen molar-refractivity contribution in [3.8, 4) is 0 Å². The Morgan fingerprint density at radius 2 is 2.37 bits per heavy atom. The van der Waals surface area contributed by atoms with E-state index in [2.05, 4.69) is 15.0 Å². The molecule has 1 amide bonds. The van der Waals surface area contributed by atoms with Crippen LogP contribution >= 0.6 is 0 Å². The van der Waals surface area contributed by atoms with Gasteiger partial charge in [0.1, 0.15) is 0 Å². The van der Waals surface area contributed by atoms with Crippen molar-refractivity contribution in [2.45, 2.75) is 37.1 Å². The number of aromatic amines is 1. The maximum Gasteiger partial charge on any atom is 0.315 e. The van der Waals surface area contributed by atoms with Crippen LogP contribution in [-0.4, -0.2) is 38.6 Å². The molecular formula is C11H15N5O3. The van der Waals surface area contributed by atoms with Crippen LogP contribution in [-0.2, 0) is 4.74 Å². The van der Waals surface area contributed by atoms with Crippen molar-refractivity contribution < 1.29 is 14.6 Å². The minimum atomic E-state index is -0.620. The number of rotatable bonds is 2. The molecular weight excluding hydrogens is 250 g/mol. The summed E-state index contributed by atoms with van der Waals surface area (Å²) in [6.07, 6.45) is 3.27. The highest BCUT2D eigenvalue weighted by molar-refractivity contribution is 5.99. The summed E-state index contributed by atoms with van der Waals surface area (Å²) in [5.74, 6) is -0.852. The molecule has 1 aromatic rings. The van der Waals surface area contributed by atoms with Gasteiger partial charge in [-0.1, -0.05) is 0 Å². The fourth-order valence-electron chi connectivity index (χ4n) is 2.44. The molecule has 2 aliphatic rings. The minimum Gasteiger partial charge on any atom is -0.390 e. The van der Waals surface area contributed by atoms with Crippen molar-refractivity contribution in [2.75, 3.05) is 0 Å². The van der Waals surface area contributed by atoms with Gasteiger partial charge < -0.3 is 26.3 Å². The van der Waals surface area contributed by atoms with E-state index in [1.807, 2.05) is 0 Å². The Balaban J connectivity index is 1.72. The predicted molar refractivity (Wildman–Crippen MR) is 65.1 cm³/mol. The van der Waals surface area contributed by atoms with E-state index in [9.17, 15) is 9.90 Å². The molecule has 1 aromatic heterocycles. The van der Waals surface area contributed by atoms with Crippen LogP contribution < -0.4 is 11.5 Å². The first-order chi connectivity index (χ1) is 9.00. The van der Waals surface area contributed by atoms with Gasteiger partial charge >= 0.3 is 5.91 Å². The van der Waals surface area contributed by atoms with E-state index in [1.54, 1.807) is 0 Å². The normalized spacial score (nSPS) is 32.5. The van der Waals surface area contributed by atoms with Gasteiger partial charge in [0, 0.05) is 6.42 Å². The van der Waals surface area contributed by atoms with Crippen molar-refractivity contribution in [3.63, 3.8) is 0 Å². The zero-order valence-electron chi connectivity index (χ0n) is 10.2. The third kappa shape index (κ3) is 2.08. The van der Waals surface area contributed by atoms with E-state index >= 15 is 0 Å². The molecule has 8 heteroatoms. The summed E-state index contributed by atoms with van der Waals surface area (Å²) < 4.78 is 5.81. The molecule has 2 unspecified atom stereocenters. The van der Waals surface area contributed by atoms with Crippen LogP contribution in [0.2, 0.25) is 0 Å². The van der Waals surface area contributed by atoms with Gasteiger partial charge in [0.25, 0.3) is 0 Å². The van der Waals surface area contributed by atoms with Gasteiger partial charge in [-0.2, -0.15) is 4.99 Å². The maximum absolute atomic E-state index is 11.6. The lowest BCUT2D eigenvalue weighted by Gasteiger charge is -2.10. The molecule has 0 radical (unpaired) electrons. The molecule has 19 heavy (non-hydrogen) atoms. The molecule has 102 valence electrons. The van der Waals surface area contributed by atoms with E-state index in [-0.39, 0.29) is 29.6 Å². The Kier molecular flexibility index (Phi) is 2.58. The number of carbonyl (C=O) groups excluding carboxylic acids is 1. The number of hydrogen-bond acceptors (Lipinski definition) is 4. The molecule has 6 N–H and O–H groups in total. The summed E-state index contributed by atoms with van der Waals surface area (Å²) in [5, 5.41) is 9.52. The van der Waals surface area contributed by atoms with Crippen LogP contribution in [0, 0.1) is 0 Å². The number of ether oxygens (including phenoxy) is 1. The Morgan fingerprint density at radius 1 is 1.63 bits per heavy atom. The summed E-state index contributed by atoms with van der Waals surface area (Å²) in [6.45, 7) is 0. The molecule has 3 atom stereocenters. The van der Waals surface area contributed by atoms with Crippen LogP contribution in [0.4, 0.5) is 0 Å². The van der Waals surface area contributed by atoms with Crippen molar-refractivity contribution in [1.82, 2.24) is 9.97 Å². The SMILES string of the molecule is NC(N)=NC(=O)c1ncc([C@H]2CCC3(CC3O)O2)[nH]1. The van der Waals surface area contributed by atoms with Crippen LogP contribution in [0.1, 0.15) is 41.7 Å². The number of aliphatic imine (C=N–C) groups is 1. The quantitative estimate of drug-likeness (QED) is 0.407. The maximum atomic E-state index is 11.6. The summed E-state index contributed by atoms with van der Waals surface area (Å²) in [5.41, 5.74) is 10.6. The molecule has 0 aromatic carbocycles. The van der Waals surface area contributed by atoms with E-state index in [0.717, 1.165) is 12.8 Å². The van der Waals surface area contributed by atoms with Crippen molar-refractivity contribution in [2.24, 2.45) is 16.5 Å². The molecule has 0 bridgehead atoms. The van der Waals surface area contributed by atoms with Crippen LogP contribution in [0.15, 0.2) is 11.2 Å². The Hall–Kier alpha value is -1.93. The third-order valence-corrected chi connectivity index (χ3v) is 3.57. The first-order valence-corrected chi connectivity index (χ1v) is 6.05. The third-order valence-electron chi connectivity index (χ3n) is 3.57. The number of aliphatic hydroxyl groups is 1. The summed E-state index contributed by atoms with van der Waals surface area (Å²) >= 11 is 0. The van der Waals surface area contributed by atoms with Gasteiger partial charge in [0.15, 0.2) is 11.8 Å². The van der Waals surface area contributed by atoms with Gasteiger partial charge in [-0.15, -0.1) is 0 Å². The molecule has 1 saturated carbocycles. The van der Waals surface area contributed by atoms with Gasteiger partial charge in [-0.3, -0.25) is 4.79 Å². The summed E-state index contributed by atoms with van der Waals surface area (Å²) in [6, 6.07) is 0. The molecule has 1 aliphatic carbocycles. The topological polar surface area (TPSA) is 140 Å². The number of nitrogens with one attached hydrogen (secondary N) is 1. The highest BCUT2D eigenvalue weighted by Crippen LogP contribution is 2.53. The second-order valence-electron chi connectivity index (χ2n) is 4.96. The van der Waals surface area contributed by atoms with E-state index in [4.69, 9.17) is 16.2 Å². The van der Waals surface area contributed by atoms with Gasteiger partial charge in [0.2, 0.25) is 0 Å². The zero-order valence-corrected chi connectivity index (χ0v) is 10.2. The number of carbonyl (C=O) groups is 1. The lowest BCUT2D eigenvalue weighted by Crippen LogP contribution is -2.24. The van der Waals surface area contributed by atoms with Crippen LogP contribution in [0.25, 0.3) is 0 Å². The number of hydrogen-bond donors (Lipinski definition) is 4. The molecule has 8 nitrogen and oxygen atoms in total. The smallest absolute Gasteiger partial charge is 0.315 e. The molecule has 1 aliphatic heterocycles. The number of nitrogens with zero attached hydrogens (tertiary/aromatic N) is 2. The molecule has 3 rings (SSSR count). The largest absolute Gasteiger partial charge is 0.390 e. The van der Waals surface area contributed by atoms with Gasteiger partial charge in [0.05, 0.1) is 29.7 Å². The van der Waals surface area contributed by atoms with E-state index in [1.165, 1.54) is 6.20 Å². The Labute approximate surface area is 108 Å². The predicted octanol–water partition coefficient (Wildman–Crippen LogP) is -0.822. The van der Waals surface area contributed by atoms with Crippen LogP contribution in [0.3, 0.4) is 0 Å². The monoisotopic (exact) mass is 265 g/mol. The highest BCUT2D eigenvalue weighted by atomic mass is 16.5. The highest BCUT2D eigenvalue weighted by Gasteiger charge is 2.59. The second kappa shape index (κ2) is 4.04. The zero-order chi connectivity index (χ0) is 13.6. The molecule has 1 saturated heterocycles. The number of aromatic nitrogens is 2. The first-order valence-electron chi connectivity index (χ1n) is 6.05. The van der Waals surface area contributed by atoms with Crippen molar-refractivity contribution in [3.05, 3.63) is 17.7 Å². The van der Waals surface area contributed by atoms with Crippen molar-refractivity contribution in [1.29, 1.82) is 0 Å². The average Bonchev–Trinajstić information content (AvgIpc) is 2.75. The van der Waals surface area contributed by atoms with Gasteiger partial charge in [-0.25, -0.2) is 4.98 Å². The number of aliphatic hydroxyl groups excluding tert-OH is 1. The lowest BCUT2D eigenvalue weighted by molar-refractivity contribution is -0.00268. The molecule has 1 spiro atoms. The first kappa shape index (κ1) is 12.1. The van der Waals surface area contributed by atoms with Gasteiger partial charge in [-0.05, 0) is 12.8 Å². The standard InChI is InChI=1S/C11H15N5O3/c12-10(13)16-9(18)8-14-4-5(15-8)6-1-2-11(19-6)3-7(11)17/h4,6-7,17H,1-3H2,(H,14,15)(H4,12,13,16,18)/t6-,7?,11?/m1/s1. The van der Waals surface area contributed by atoms with Crippen LogP contribution in [0.5, 0.6) is 0 Å². The Morgan fingerprint density at radius 3 is 2.95 bits per heavy atom.